The fraction of sp³-hybridized carbons (Fsp3) is 0.133. The lowest BCUT2D eigenvalue weighted by molar-refractivity contribution is 0.395. The standard InChI is InChI=1S/C15H14F2N2O2S/c1-20-10-4-6-12(14(8-10)21-2)18-15(22)19-13-7-9(16)3-5-11(13)17/h3-8H,1-2H3,(H2,18,19,22). The maximum atomic E-state index is 13.6. The van der Waals surface area contributed by atoms with Gasteiger partial charge in [-0.15, -0.1) is 0 Å². The Balaban J connectivity index is 2.13. The Kier molecular flexibility index (Phi) is 5.11. The molecule has 0 aliphatic rings. The number of benzene rings is 2. The molecule has 0 fully saturated rings. The molecule has 0 bridgehead atoms. The van der Waals surface area contributed by atoms with Gasteiger partial charge in [0.25, 0.3) is 0 Å². The molecule has 2 aromatic carbocycles. The predicted molar refractivity (Wildman–Crippen MR) is 85.7 cm³/mol. The van der Waals surface area contributed by atoms with Crippen LogP contribution in [0.2, 0.25) is 0 Å². The second-order valence-electron chi connectivity index (χ2n) is 4.27. The van der Waals surface area contributed by atoms with E-state index in [0.29, 0.717) is 17.2 Å². The van der Waals surface area contributed by atoms with Gasteiger partial charge in [-0.25, -0.2) is 8.78 Å². The van der Waals surface area contributed by atoms with E-state index < -0.39 is 11.6 Å². The van der Waals surface area contributed by atoms with Gasteiger partial charge in [0.05, 0.1) is 25.6 Å². The molecular formula is C15H14F2N2O2S. The molecule has 0 saturated heterocycles. The summed E-state index contributed by atoms with van der Waals surface area (Å²) in [6, 6.07) is 8.17. The average molecular weight is 324 g/mol. The van der Waals surface area contributed by atoms with Crippen LogP contribution in [0.5, 0.6) is 11.5 Å². The van der Waals surface area contributed by atoms with E-state index in [1.165, 1.54) is 7.11 Å². The lowest BCUT2D eigenvalue weighted by Crippen LogP contribution is -2.20. The van der Waals surface area contributed by atoms with Crippen molar-refractivity contribution in [1.29, 1.82) is 0 Å². The first-order valence-electron chi connectivity index (χ1n) is 6.28. The number of hydrogen-bond acceptors (Lipinski definition) is 3. The average Bonchev–Trinajstić information content (AvgIpc) is 2.51. The number of thiocarbonyl (C=S) groups is 1. The van der Waals surface area contributed by atoms with Crippen molar-refractivity contribution in [2.45, 2.75) is 0 Å². The molecule has 2 N–H and O–H groups in total. The molecular weight excluding hydrogens is 310 g/mol. The van der Waals surface area contributed by atoms with E-state index in [-0.39, 0.29) is 10.8 Å². The third-order valence-corrected chi connectivity index (χ3v) is 3.04. The maximum Gasteiger partial charge on any atom is 0.175 e. The topological polar surface area (TPSA) is 42.5 Å². The third kappa shape index (κ3) is 3.82. The zero-order valence-corrected chi connectivity index (χ0v) is 12.8. The predicted octanol–water partition coefficient (Wildman–Crippen LogP) is 3.79. The summed E-state index contributed by atoms with van der Waals surface area (Å²) in [5, 5.41) is 5.56. The summed E-state index contributed by atoms with van der Waals surface area (Å²) in [6.07, 6.45) is 0. The van der Waals surface area contributed by atoms with Crippen molar-refractivity contribution in [3.05, 3.63) is 48.0 Å². The lowest BCUT2D eigenvalue weighted by atomic mass is 10.2. The van der Waals surface area contributed by atoms with E-state index in [1.807, 2.05) is 0 Å². The van der Waals surface area contributed by atoms with Gasteiger partial charge >= 0.3 is 0 Å². The highest BCUT2D eigenvalue weighted by molar-refractivity contribution is 7.80. The van der Waals surface area contributed by atoms with Crippen molar-refractivity contribution < 1.29 is 18.3 Å². The molecule has 7 heteroatoms. The van der Waals surface area contributed by atoms with Crippen molar-refractivity contribution >= 4 is 28.7 Å². The number of methoxy groups -OCH3 is 2. The molecule has 0 aliphatic heterocycles. The summed E-state index contributed by atoms with van der Waals surface area (Å²) in [5.41, 5.74) is 0.516. The van der Waals surface area contributed by atoms with Crippen LogP contribution < -0.4 is 20.1 Å². The zero-order chi connectivity index (χ0) is 16.1. The molecule has 0 amide bonds. The first kappa shape index (κ1) is 16.0. The Hall–Kier alpha value is -2.41. The minimum Gasteiger partial charge on any atom is -0.497 e. The molecule has 0 radical (unpaired) electrons. The summed E-state index contributed by atoms with van der Waals surface area (Å²) in [6.45, 7) is 0. The minimum absolute atomic E-state index is 0.0509. The smallest absolute Gasteiger partial charge is 0.175 e. The van der Waals surface area contributed by atoms with Gasteiger partial charge in [-0.3, -0.25) is 0 Å². The van der Waals surface area contributed by atoms with Gasteiger partial charge in [0.1, 0.15) is 23.1 Å². The van der Waals surface area contributed by atoms with Gasteiger partial charge in [-0.05, 0) is 36.5 Å². The molecule has 2 rings (SSSR count). The van der Waals surface area contributed by atoms with Gasteiger partial charge < -0.3 is 20.1 Å². The van der Waals surface area contributed by atoms with Gasteiger partial charge in [0.15, 0.2) is 5.11 Å². The Labute approximate surface area is 132 Å². The quantitative estimate of drug-likeness (QED) is 0.838. The number of hydrogen-bond donors (Lipinski definition) is 2. The Bertz CT molecular complexity index is 695. The molecule has 0 heterocycles. The van der Waals surface area contributed by atoms with Gasteiger partial charge in [-0.1, -0.05) is 0 Å². The van der Waals surface area contributed by atoms with Crippen LogP contribution in [0.3, 0.4) is 0 Å². The molecule has 4 nitrogen and oxygen atoms in total. The highest BCUT2D eigenvalue weighted by Gasteiger charge is 2.09. The van der Waals surface area contributed by atoms with Gasteiger partial charge in [-0.2, -0.15) is 0 Å². The van der Waals surface area contributed by atoms with Crippen molar-refractivity contribution in [3.63, 3.8) is 0 Å². The number of anilines is 2. The highest BCUT2D eigenvalue weighted by Crippen LogP contribution is 2.29. The second-order valence-corrected chi connectivity index (χ2v) is 4.68. The van der Waals surface area contributed by atoms with E-state index in [2.05, 4.69) is 10.6 Å². The lowest BCUT2D eigenvalue weighted by Gasteiger charge is -2.14. The SMILES string of the molecule is COc1ccc(NC(=S)Nc2cc(F)ccc2F)c(OC)c1. The Morgan fingerprint density at radius 1 is 0.955 bits per heavy atom. The summed E-state index contributed by atoms with van der Waals surface area (Å²) in [5.74, 6) is -0.0401. The van der Waals surface area contributed by atoms with E-state index in [4.69, 9.17) is 21.7 Å². The van der Waals surface area contributed by atoms with E-state index in [0.717, 1.165) is 18.2 Å². The van der Waals surface area contributed by atoms with Gasteiger partial charge in [0.2, 0.25) is 0 Å². The van der Waals surface area contributed by atoms with Crippen LogP contribution in [-0.2, 0) is 0 Å². The third-order valence-electron chi connectivity index (χ3n) is 2.83. The van der Waals surface area contributed by atoms with Crippen LogP contribution >= 0.6 is 12.2 Å². The molecule has 22 heavy (non-hydrogen) atoms. The molecule has 0 unspecified atom stereocenters. The van der Waals surface area contributed by atoms with Crippen molar-refractivity contribution in [1.82, 2.24) is 0 Å². The van der Waals surface area contributed by atoms with Crippen molar-refractivity contribution in [3.8, 4) is 11.5 Å². The van der Waals surface area contributed by atoms with Crippen LogP contribution in [0.1, 0.15) is 0 Å². The van der Waals surface area contributed by atoms with Crippen LogP contribution in [-0.4, -0.2) is 19.3 Å². The van der Waals surface area contributed by atoms with E-state index >= 15 is 0 Å². The van der Waals surface area contributed by atoms with Crippen LogP contribution in [0.4, 0.5) is 20.2 Å². The number of rotatable bonds is 4. The first-order valence-corrected chi connectivity index (χ1v) is 6.69. The molecule has 0 aromatic heterocycles. The molecule has 116 valence electrons. The van der Waals surface area contributed by atoms with E-state index in [1.54, 1.807) is 25.3 Å². The normalized spacial score (nSPS) is 10.0. The van der Waals surface area contributed by atoms with Crippen LogP contribution in [0.15, 0.2) is 36.4 Å². The number of halogens is 2. The summed E-state index contributed by atoms with van der Waals surface area (Å²) in [7, 11) is 3.05. The number of nitrogens with one attached hydrogen (secondary N) is 2. The fourth-order valence-electron chi connectivity index (χ4n) is 1.77. The fourth-order valence-corrected chi connectivity index (χ4v) is 1.99. The second kappa shape index (κ2) is 7.04. The highest BCUT2D eigenvalue weighted by atomic mass is 32.1. The summed E-state index contributed by atoms with van der Waals surface area (Å²) in [4.78, 5) is 0. The molecule has 0 spiro atoms. The first-order chi connectivity index (χ1) is 10.5. The van der Waals surface area contributed by atoms with E-state index in [9.17, 15) is 8.78 Å². The maximum absolute atomic E-state index is 13.6. The Morgan fingerprint density at radius 2 is 1.68 bits per heavy atom. The van der Waals surface area contributed by atoms with Gasteiger partial charge in [0, 0.05) is 12.1 Å². The van der Waals surface area contributed by atoms with Crippen LogP contribution in [0, 0.1) is 11.6 Å². The minimum atomic E-state index is -0.604. The summed E-state index contributed by atoms with van der Waals surface area (Å²) < 4.78 is 37.0. The van der Waals surface area contributed by atoms with Crippen LogP contribution in [0.25, 0.3) is 0 Å². The molecule has 0 saturated carbocycles. The monoisotopic (exact) mass is 324 g/mol. The van der Waals surface area contributed by atoms with Crippen molar-refractivity contribution in [2.75, 3.05) is 24.9 Å². The molecule has 2 aromatic rings. The molecule has 0 aliphatic carbocycles. The zero-order valence-electron chi connectivity index (χ0n) is 11.9. The number of ether oxygens (including phenoxy) is 2. The molecule has 0 atom stereocenters. The summed E-state index contributed by atoms with van der Waals surface area (Å²) >= 11 is 5.09. The largest absolute Gasteiger partial charge is 0.497 e. The Morgan fingerprint density at radius 3 is 2.36 bits per heavy atom. The van der Waals surface area contributed by atoms with Crippen molar-refractivity contribution in [2.24, 2.45) is 0 Å².